The Labute approximate surface area is 153 Å². The van der Waals surface area contributed by atoms with Gasteiger partial charge in [-0.2, -0.15) is 4.72 Å². The molecular weight excluding hydrogens is 354 g/mol. The predicted molar refractivity (Wildman–Crippen MR) is 98.1 cm³/mol. The Hall–Kier alpha value is -2.22. The van der Waals surface area contributed by atoms with Crippen LogP contribution < -0.4 is 4.72 Å². The van der Waals surface area contributed by atoms with Crippen LogP contribution in [0.2, 0.25) is 0 Å². The number of nitrogens with one attached hydrogen (secondary N) is 1. The fourth-order valence-electron chi connectivity index (χ4n) is 2.38. The van der Waals surface area contributed by atoms with Crippen molar-refractivity contribution in [2.24, 2.45) is 0 Å². The molecule has 0 bridgehead atoms. The van der Waals surface area contributed by atoms with Crippen molar-refractivity contribution >= 4 is 16.0 Å². The number of carbonyl (C=O) groups is 1. The number of aliphatic hydroxyl groups is 1. The summed E-state index contributed by atoms with van der Waals surface area (Å²) in [5.74, 6) is -0.837. The Morgan fingerprint density at radius 3 is 2.04 bits per heavy atom. The first-order valence-electron chi connectivity index (χ1n) is 8.25. The maximum Gasteiger partial charge on any atom is 0.327 e. The lowest BCUT2D eigenvalue weighted by Gasteiger charge is -2.23. The van der Waals surface area contributed by atoms with Crippen LogP contribution in [0.1, 0.15) is 29.7 Å². The third-order valence-electron chi connectivity index (χ3n) is 3.89. The van der Waals surface area contributed by atoms with Gasteiger partial charge in [-0.05, 0) is 38.5 Å². The molecule has 0 radical (unpaired) electrons. The van der Waals surface area contributed by atoms with Gasteiger partial charge in [-0.25, -0.2) is 8.42 Å². The number of rotatable bonds is 7. The summed E-state index contributed by atoms with van der Waals surface area (Å²) in [6, 6.07) is 11.6. The van der Waals surface area contributed by atoms with E-state index in [1.165, 1.54) is 12.1 Å². The smallest absolute Gasteiger partial charge is 0.327 e. The molecule has 0 aliphatic carbocycles. The van der Waals surface area contributed by atoms with E-state index in [1.54, 1.807) is 43.3 Å². The van der Waals surface area contributed by atoms with Crippen molar-refractivity contribution in [2.75, 3.05) is 6.61 Å². The first-order valence-corrected chi connectivity index (χ1v) is 9.73. The molecule has 6 nitrogen and oxygen atoms in total. The van der Waals surface area contributed by atoms with Crippen molar-refractivity contribution in [2.45, 2.75) is 37.8 Å². The third-order valence-corrected chi connectivity index (χ3v) is 5.35. The number of hydrogen-bond acceptors (Lipinski definition) is 5. The number of aryl methyl sites for hydroxylation is 2. The Kier molecular flexibility index (Phi) is 6.52. The Morgan fingerprint density at radius 2 is 1.54 bits per heavy atom. The van der Waals surface area contributed by atoms with Gasteiger partial charge in [0.15, 0.2) is 0 Å². The first-order chi connectivity index (χ1) is 12.2. The van der Waals surface area contributed by atoms with Gasteiger partial charge in [0.05, 0.1) is 11.5 Å². The highest BCUT2D eigenvalue weighted by Crippen LogP contribution is 2.21. The molecule has 0 amide bonds. The molecule has 2 N–H and O–H groups in total. The lowest BCUT2D eigenvalue weighted by atomic mass is 10.0. The molecule has 0 fully saturated rings. The molecule has 2 aromatic rings. The number of aliphatic hydroxyl groups excluding tert-OH is 1. The van der Waals surface area contributed by atoms with Gasteiger partial charge in [-0.15, -0.1) is 0 Å². The second-order valence-corrected chi connectivity index (χ2v) is 7.73. The van der Waals surface area contributed by atoms with Crippen LogP contribution in [0.4, 0.5) is 0 Å². The van der Waals surface area contributed by atoms with Crippen molar-refractivity contribution in [3.05, 3.63) is 65.2 Å². The molecule has 0 aliphatic heterocycles. The van der Waals surface area contributed by atoms with E-state index in [4.69, 9.17) is 4.74 Å². The highest BCUT2D eigenvalue weighted by atomic mass is 32.2. The van der Waals surface area contributed by atoms with Crippen LogP contribution in [-0.2, 0) is 19.6 Å². The lowest BCUT2D eigenvalue weighted by Crippen LogP contribution is -2.45. The Morgan fingerprint density at radius 1 is 1.04 bits per heavy atom. The maximum atomic E-state index is 12.6. The second kappa shape index (κ2) is 8.44. The van der Waals surface area contributed by atoms with Crippen molar-refractivity contribution in [3.8, 4) is 0 Å². The first kappa shape index (κ1) is 20.1. The topological polar surface area (TPSA) is 92.7 Å². The molecule has 7 heteroatoms. The van der Waals surface area contributed by atoms with Crippen LogP contribution in [-0.4, -0.2) is 32.1 Å². The fraction of sp³-hybridized carbons (Fsp3) is 0.316. The van der Waals surface area contributed by atoms with Gasteiger partial charge in [0.25, 0.3) is 0 Å². The van der Waals surface area contributed by atoms with E-state index in [0.717, 1.165) is 11.1 Å². The van der Waals surface area contributed by atoms with E-state index in [2.05, 4.69) is 4.72 Å². The average molecular weight is 377 g/mol. The summed E-state index contributed by atoms with van der Waals surface area (Å²) in [6.45, 7) is 5.41. The lowest BCUT2D eigenvalue weighted by molar-refractivity contribution is -0.148. The third kappa shape index (κ3) is 4.91. The fourth-order valence-corrected chi connectivity index (χ4v) is 3.57. The number of benzene rings is 2. The van der Waals surface area contributed by atoms with E-state index in [-0.39, 0.29) is 11.5 Å². The minimum Gasteiger partial charge on any atom is -0.465 e. The molecule has 2 rings (SSSR count). The van der Waals surface area contributed by atoms with Crippen molar-refractivity contribution < 1.29 is 23.1 Å². The summed E-state index contributed by atoms with van der Waals surface area (Å²) in [5.41, 5.74) is 2.31. The van der Waals surface area contributed by atoms with E-state index in [1.807, 2.05) is 13.8 Å². The molecule has 0 saturated carbocycles. The predicted octanol–water partition coefficient (Wildman–Crippen LogP) is 2.25. The van der Waals surface area contributed by atoms with Crippen molar-refractivity contribution in [3.63, 3.8) is 0 Å². The minimum absolute atomic E-state index is 0.00787. The largest absolute Gasteiger partial charge is 0.465 e. The Balaban J connectivity index is 2.33. The van der Waals surface area contributed by atoms with Gasteiger partial charge >= 0.3 is 5.97 Å². The number of carbonyl (C=O) groups excluding carboxylic acids is 1. The van der Waals surface area contributed by atoms with Gasteiger partial charge in [0.2, 0.25) is 10.0 Å². The summed E-state index contributed by atoms with van der Waals surface area (Å²) >= 11 is 0. The van der Waals surface area contributed by atoms with E-state index < -0.39 is 28.1 Å². The van der Waals surface area contributed by atoms with E-state index in [0.29, 0.717) is 5.56 Å². The van der Waals surface area contributed by atoms with Gasteiger partial charge in [-0.3, -0.25) is 4.79 Å². The molecule has 0 saturated heterocycles. The molecule has 0 heterocycles. The standard InChI is InChI=1S/C19H23NO5S/c1-4-25-19(22)17(18(21)15-9-5-13(2)6-10-15)20-26(23,24)16-11-7-14(3)8-12-16/h5-12,17-18,20-21H,4H2,1-3H3. The minimum atomic E-state index is -4.01. The second-order valence-electron chi connectivity index (χ2n) is 6.02. The summed E-state index contributed by atoms with van der Waals surface area (Å²) in [4.78, 5) is 12.3. The van der Waals surface area contributed by atoms with Crippen LogP contribution in [0, 0.1) is 13.8 Å². The number of sulfonamides is 1. The van der Waals surface area contributed by atoms with E-state index >= 15 is 0 Å². The molecule has 26 heavy (non-hydrogen) atoms. The van der Waals surface area contributed by atoms with Crippen LogP contribution >= 0.6 is 0 Å². The van der Waals surface area contributed by atoms with Gasteiger partial charge in [0, 0.05) is 0 Å². The molecule has 2 unspecified atom stereocenters. The summed E-state index contributed by atoms with van der Waals surface area (Å²) in [5, 5.41) is 10.6. The molecular formula is C19H23NO5S. The zero-order valence-corrected chi connectivity index (χ0v) is 15.8. The van der Waals surface area contributed by atoms with Crippen LogP contribution in [0.5, 0.6) is 0 Å². The van der Waals surface area contributed by atoms with Gasteiger partial charge < -0.3 is 9.84 Å². The van der Waals surface area contributed by atoms with Crippen LogP contribution in [0.3, 0.4) is 0 Å². The van der Waals surface area contributed by atoms with Gasteiger partial charge in [0.1, 0.15) is 12.1 Å². The number of ether oxygens (including phenoxy) is 1. The molecule has 0 spiro atoms. The zero-order valence-electron chi connectivity index (χ0n) is 15.0. The summed E-state index contributed by atoms with van der Waals surface area (Å²) in [7, 11) is -4.01. The van der Waals surface area contributed by atoms with Crippen LogP contribution in [0.15, 0.2) is 53.4 Å². The zero-order chi connectivity index (χ0) is 19.3. The average Bonchev–Trinajstić information content (AvgIpc) is 2.60. The van der Waals surface area contributed by atoms with E-state index in [9.17, 15) is 18.3 Å². The van der Waals surface area contributed by atoms with Crippen molar-refractivity contribution in [1.82, 2.24) is 4.72 Å². The highest BCUT2D eigenvalue weighted by Gasteiger charge is 2.34. The number of hydrogen-bond donors (Lipinski definition) is 2. The molecule has 2 atom stereocenters. The summed E-state index contributed by atoms with van der Waals surface area (Å²) in [6.07, 6.45) is -1.38. The normalized spacial score (nSPS) is 13.8. The quantitative estimate of drug-likeness (QED) is 0.722. The molecule has 2 aromatic carbocycles. The molecule has 0 aromatic heterocycles. The van der Waals surface area contributed by atoms with Crippen molar-refractivity contribution in [1.29, 1.82) is 0 Å². The summed E-state index contributed by atoms with van der Waals surface area (Å²) < 4.78 is 32.5. The SMILES string of the molecule is CCOC(=O)C(NS(=O)(=O)c1ccc(C)cc1)C(O)c1ccc(C)cc1. The van der Waals surface area contributed by atoms with Crippen LogP contribution in [0.25, 0.3) is 0 Å². The Bertz CT molecular complexity index is 845. The number of esters is 1. The highest BCUT2D eigenvalue weighted by molar-refractivity contribution is 7.89. The monoisotopic (exact) mass is 377 g/mol. The molecule has 0 aliphatic rings. The van der Waals surface area contributed by atoms with Gasteiger partial charge in [-0.1, -0.05) is 47.5 Å². The molecule has 140 valence electrons. The maximum absolute atomic E-state index is 12.6.